The van der Waals surface area contributed by atoms with Crippen LogP contribution in [0.25, 0.3) is 0 Å². The van der Waals surface area contributed by atoms with Gasteiger partial charge < -0.3 is 15.2 Å². The van der Waals surface area contributed by atoms with Crippen molar-refractivity contribution in [3.8, 4) is 6.07 Å². The van der Waals surface area contributed by atoms with Gasteiger partial charge in [-0.15, -0.1) is 0 Å². The van der Waals surface area contributed by atoms with Crippen molar-refractivity contribution in [3.05, 3.63) is 29.6 Å². The number of carboxylic acid groups (broad SMARTS) is 1. The van der Waals surface area contributed by atoms with Gasteiger partial charge in [0, 0.05) is 20.1 Å². The number of hydrogen-bond acceptors (Lipinski definition) is 4. The Labute approximate surface area is 104 Å². The number of ether oxygens (including phenoxy) is 1. The molecule has 1 rings (SSSR count). The van der Waals surface area contributed by atoms with Gasteiger partial charge in [0.05, 0.1) is 11.3 Å². The largest absolute Gasteiger partial charge is 0.480 e. The molecular weight excluding hydrogens is 239 g/mol. The number of aliphatic carboxylic acids is 1. The molecule has 0 aliphatic rings. The van der Waals surface area contributed by atoms with E-state index in [1.54, 1.807) is 0 Å². The van der Waals surface area contributed by atoms with Crippen molar-refractivity contribution in [3.63, 3.8) is 0 Å². The van der Waals surface area contributed by atoms with Gasteiger partial charge in [0.25, 0.3) is 0 Å². The maximum atomic E-state index is 12.9. The minimum absolute atomic E-state index is 0.0682. The van der Waals surface area contributed by atoms with Crippen LogP contribution in [-0.2, 0) is 9.53 Å². The number of nitriles is 1. The van der Waals surface area contributed by atoms with Crippen molar-refractivity contribution in [1.82, 2.24) is 0 Å². The van der Waals surface area contributed by atoms with Crippen LogP contribution in [0.5, 0.6) is 0 Å². The fourth-order valence-electron chi connectivity index (χ4n) is 1.42. The van der Waals surface area contributed by atoms with Crippen LogP contribution in [0.15, 0.2) is 18.2 Å². The number of nitrogens with zero attached hydrogens (tertiary/aromatic N) is 1. The standard InChI is InChI=1S/C12H13FN2O3/c1-18-5-4-11(12(16)17)15-10-3-2-9(13)6-8(10)7-14/h2-3,6,11,15H,4-5H2,1H3,(H,16,17). The maximum absolute atomic E-state index is 12.9. The van der Waals surface area contributed by atoms with Crippen LogP contribution in [0.3, 0.4) is 0 Å². The Balaban J connectivity index is 2.87. The summed E-state index contributed by atoms with van der Waals surface area (Å²) in [6, 6.07) is 4.49. The zero-order valence-corrected chi connectivity index (χ0v) is 9.81. The van der Waals surface area contributed by atoms with Gasteiger partial charge >= 0.3 is 5.97 Å². The molecule has 0 amide bonds. The molecule has 0 radical (unpaired) electrons. The molecule has 0 aliphatic heterocycles. The lowest BCUT2D eigenvalue weighted by molar-refractivity contribution is -0.138. The first-order chi connectivity index (χ1) is 8.58. The predicted molar refractivity (Wildman–Crippen MR) is 62.7 cm³/mol. The van der Waals surface area contributed by atoms with E-state index in [1.165, 1.54) is 19.2 Å². The second-order valence-corrected chi connectivity index (χ2v) is 3.62. The number of hydrogen-bond donors (Lipinski definition) is 2. The summed E-state index contributed by atoms with van der Waals surface area (Å²) in [7, 11) is 1.47. The molecule has 5 nitrogen and oxygen atoms in total. The molecule has 0 heterocycles. The highest BCUT2D eigenvalue weighted by atomic mass is 19.1. The molecule has 0 saturated heterocycles. The molecule has 0 aromatic heterocycles. The van der Waals surface area contributed by atoms with Gasteiger partial charge in [0.2, 0.25) is 0 Å². The smallest absolute Gasteiger partial charge is 0.326 e. The number of nitrogens with one attached hydrogen (secondary N) is 1. The van der Waals surface area contributed by atoms with E-state index in [9.17, 15) is 9.18 Å². The summed E-state index contributed by atoms with van der Waals surface area (Å²) in [5.41, 5.74) is 0.362. The van der Waals surface area contributed by atoms with E-state index >= 15 is 0 Å². The summed E-state index contributed by atoms with van der Waals surface area (Å²) in [6.07, 6.45) is 0.244. The summed E-state index contributed by atoms with van der Waals surface area (Å²) in [4.78, 5) is 11.0. The third-order valence-corrected chi connectivity index (χ3v) is 2.34. The maximum Gasteiger partial charge on any atom is 0.326 e. The van der Waals surface area contributed by atoms with Crippen molar-refractivity contribution < 1.29 is 19.0 Å². The van der Waals surface area contributed by atoms with E-state index in [-0.39, 0.29) is 18.6 Å². The third kappa shape index (κ3) is 3.71. The molecule has 2 N–H and O–H groups in total. The van der Waals surface area contributed by atoms with E-state index in [4.69, 9.17) is 15.1 Å². The Morgan fingerprint density at radius 3 is 2.94 bits per heavy atom. The average Bonchev–Trinajstić information content (AvgIpc) is 2.35. The Morgan fingerprint density at radius 1 is 1.67 bits per heavy atom. The van der Waals surface area contributed by atoms with Gasteiger partial charge in [0.1, 0.15) is 17.9 Å². The Kier molecular flexibility index (Phi) is 5.08. The number of carbonyl (C=O) groups is 1. The quantitative estimate of drug-likeness (QED) is 0.803. The van der Waals surface area contributed by atoms with Crippen molar-refractivity contribution in [2.24, 2.45) is 0 Å². The van der Waals surface area contributed by atoms with Crippen LogP contribution in [0.4, 0.5) is 10.1 Å². The van der Waals surface area contributed by atoms with Crippen LogP contribution in [0, 0.1) is 17.1 Å². The van der Waals surface area contributed by atoms with Crippen molar-refractivity contribution in [2.75, 3.05) is 19.0 Å². The van der Waals surface area contributed by atoms with Crippen LogP contribution < -0.4 is 5.32 Å². The molecule has 1 aromatic rings. The monoisotopic (exact) mass is 252 g/mol. The van der Waals surface area contributed by atoms with Crippen LogP contribution in [-0.4, -0.2) is 30.8 Å². The summed E-state index contributed by atoms with van der Waals surface area (Å²) in [5.74, 6) is -1.60. The molecular formula is C12H13FN2O3. The summed E-state index contributed by atoms with van der Waals surface area (Å²) >= 11 is 0. The van der Waals surface area contributed by atoms with Gasteiger partial charge in [0.15, 0.2) is 0 Å². The van der Waals surface area contributed by atoms with E-state index in [0.717, 1.165) is 6.07 Å². The van der Waals surface area contributed by atoms with Gasteiger partial charge in [-0.05, 0) is 18.2 Å². The van der Waals surface area contributed by atoms with Crippen molar-refractivity contribution >= 4 is 11.7 Å². The van der Waals surface area contributed by atoms with Gasteiger partial charge in [-0.25, -0.2) is 9.18 Å². The van der Waals surface area contributed by atoms with Crippen LogP contribution in [0.2, 0.25) is 0 Å². The molecule has 96 valence electrons. The van der Waals surface area contributed by atoms with Crippen molar-refractivity contribution in [1.29, 1.82) is 5.26 Å². The first-order valence-corrected chi connectivity index (χ1v) is 5.26. The molecule has 1 unspecified atom stereocenters. The van der Waals surface area contributed by atoms with Crippen LogP contribution in [0.1, 0.15) is 12.0 Å². The highest BCUT2D eigenvalue weighted by Gasteiger charge is 2.18. The van der Waals surface area contributed by atoms with E-state index < -0.39 is 17.8 Å². The molecule has 0 aliphatic carbocycles. The van der Waals surface area contributed by atoms with Gasteiger partial charge in [-0.2, -0.15) is 5.26 Å². The fraction of sp³-hybridized carbons (Fsp3) is 0.333. The molecule has 18 heavy (non-hydrogen) atoms. The molecule has 6 heteroatoms. The average molecular weight is 252 g/mol. The summed E-state index contributed by atoms with van der Waals surface area (Å²) in [6.45, 7) is 0.271. The van der Waals surface area contributed by atoms with Gasteiger partial charge in [-0.3, -0.25) is 0 Å². The molecule has 0 spiro atoms. The number of halogens is 1. The van der Waals surface area contributed by atoms with Crippen LogP contribution >= 0.6 is 0 Å². The van der Waals surface area contributed by atoms with E-state index in [1.807, 2.05) is 6.07 Å². The Morgan fingerprint density at radius 2 is 2.39 bits per heavy atom. The molecule has 1 aromatic carbocycles. The normalized spacial score (nSPS) is 11.6. The summed E-state index contributed by atoms with van der Waals surface area (Å²) < 4.78 is 17.7. The SMILES string of the molecule is COCCC(Nc1ccc(F)cc1C#N)C(=O)O. The lowest BCUT2D eigenvalue weighted by atomic mass is 10.1. The minimum atomic E-state index is -1.06. The Bertz CT molecular complexity index is 471. The fourth-order valence-corrected chi connectivity index (χ4v) is 1.42. The second kappa shape index (κ2) is 6.57. The molecule has 0 fully saturated rings. The number of benzene rings is 1. The van der Waals surface area contributed by atoms with E-state index in [0.29, 0.717) is 5.69 Å². The first-order valence-electron chi connectivity index (χ1n) is 5.26. The number of methoxy groups -OCH3 is 1. The first kappa shape index (κ1) is 13.9. The highest BCUT2D eigenvalue weighted by molar-refractivity contribution is 5.78. The third-order valence-electron chi connectivity index (χ3n) is 2.34. The number of carboxylic acids is 1. The lowest BCUT2D eigenvalue weighted by Gasteiger charge is -2.16. The van der Waals surface area contributed by atoms with Crippen molar-refractivity contribution in [2.45, 2.75) is 12.5 Å². The predicted octanol–water partition coefficient (Wildman–Crippen LogP) is 1.60. The van der Waals surface area contributed by atoms with E-state index in [2.05, 4.69) is 5.32 Å². The zero-order valence-electron chi connectivity index (χ0n) is 9.81. The number of anilines is 1. The topological polar surface area (TPSA) is 82.3 Å². The highest BCUT2D eigenvalue weighted by Crippen LogP contribution is 2.17. The Hall–Kier alpha value is -2.13. The number of rotatable bonds is 6. The zero-order chi connectivity index (χ0) is 13.5. The molecule has 1 atom stereocenters. The molecule has 0 bridgehead atoms. The molecule has 0 saturated carbocycles. The summed E-state index contributed by atoms with van der Waals surface area (Å²) in [5, 5.41) is 20.5. The second-order valence-electron chi connectivity index (χ2n) is 3.62. The lowest BCUT2D eigenvalue weighted by Crippen LogP contribution is -2.30. The van der Waals surface area contributed by atoms with Gasteiger partial charge in [-0.1, -0.05) is 0 Å². The minimum Gasteiger partial charge on any atom is -0.480 e.